The molecule has 3 rings (SSSR count). The van der Waals surface area contributed by atoms with Gasteiger partial charge in [-0.1, -0.05) is 6.92 Å². The van der Waals surface area contributed by atoms with E-state index in [1.165, 1.54) is 0 Å². The second-order valence-corrected chi connectivity index (χ2v) is 7.48. The van der Waals surface area contributed by atoms with Gasteiger partial charge in [-0.25, -0.2) is 8.42 Å². The van der Waals surface area contributed by atoms with Crippen LogP contribution in [-0.2, 0) is 10.0 Å². The van der Waals surface area contributed by atoms with Crippen molar-refractivity contribution in [1.29, 1.82) is 0 Å². The molecule has 1 fully saturated rings. The molecule has 1 unspecified atom stereocenters. The molecule has 110 valence electrons. The van der Waals surface area contributed by atoms with E-state index in [0.29, 0.717) is 37.1 Å². The third-order valence-corrected chi connectivity index (χ3v) is 5.74. The molecule has 1 N–H and O–H groups in total. The number of hydrogen-bond acceptors (Lipinski definition) is 4. The summed E-state index contributed by atoms with van der Waals surface area (Å²) in [5.41, 5.74) is 0.766. The van der Waals surface area contributed by atoms with Crippen molar-refractivity contribution in [3.63, 3.8) is 0 Å². The third-order valence-electron chi connectivity index (χ3n) is 3.88. The van der Waals surface area contributed by atoms with Crippen LogP contribution < -0.4 is 10.1 Å². The number of benzene rings is 1. The lowest BCUT2D eigenvalue weighted by molar-refractivity contribution is 0.281. The molecule has 0 bridgehead atoms. The number of nitrogens with one attached hydrogen (secondary N) is 1. The molecule has 0 amide bonds. The monoisotopic (exact) mass is 296 g/mol. The standard InChI is InChI=1S/C14H20N2O3S/c1-11-3-2-7-16(10-11)20(17,18)12-4-5-14-13(9-12)15-6-8-19-14/h4-5,9,11,15H,2-3,6-8,10H2,1H3. The van der Waals surface area contributed by atoms with Crippen LogP contribution in [0, 0.1) is 5.92 Å². The second-order valence-electron chi connectivity index (χ2n) is 5.54. The van der Waals surface area contributed by atoms with Crippen molar-refractivity contribution in [3.8, 4) is 5.75 Å². The number of anilines is 1. The fourth-order valence-corrected chi connectivity index (χ4v) is 4.42. The normalized spacial score (nSPS) is 23.6. The maximum atomic E-state index is 12.7. The molecule has 0 aromatic heterocycles. The highest BCUT2D eigenvalue weighted by molar-refractivity contribution is 7.89. The molecule has 5 nitrogen and oxygen atoms in total. The van der Waals surface area contributed by atoms with Gasteiger partial charge in [-0.15, -0.1) is 0 Å². The van der Waals surface area contributed by atoms with Gasteiger partial charge in [-0.05, 0) is 37.0 Å². The Morgan fingerprint density at radius 1 is 1.40 bits per heavy atom. The van der Waals surface area contributed by atoms with Crippen LogP contribution in [0.25, 0.3) is 0 Å². The molecule has 1 saturated heterocycles. The highest BCUT2D eigenvalue weighted by atomic mass is 32.2. The zero-order valence-electron chi connectivity index (χ0n) is 11.6. The van der Waals surface area contributed by atoms with Gasteiger partial charge in [0.05, 0.1) is 10.6 Å². The van der Waals surface area contributed by atoms with E-state index >= 15 is 0 Å². The van der Waals surface area contributed by atoms with E-state index in [2.05, 4.69) is 12.2 Å². The van der Waals surface area contributed by atoms with Crippen molar-refractivity contribution < 1.29 is 13.2 Å². The molecule has 1 atom stereocenters. The third kappa shape index (κ3) is 2.50. The Balaban J connectivity index is 1.90. The lowest BCUT2D eigenvalue weighted by Crippen LogP contribution is -2.39. The van der Waals surface area contributed by atoms with Crippen molar-refractivity contribution in [2.24, 2.45) is 5.92 Å². The highest BCUT2D eigenvalue weighted by Crippen LogP contribution is 2.31. The number of ether oxygens (including phenoxy) is 1. The second kappa shape index (κ2) is 5.26. The predicted molar refractivity (Wildman–Crippen MR) is 77.6 cm³/mol. The summed E-state index contributed by atoms with van der Waals surface area (Å²) in [7, 11) is -3.39. The van der Waals surface area contributed by atoms with Crippen LogP contribution in [0.1, 0.15) is 19.8 Å². The van der Waals surface area contributed by atoms with E-state index in [1.807, 2.05) is 0 Å². The molecule has 20 heavy (non-hydrogen) atoms. The minimum atomic E-state index is -3.39. The summed E-state index contributed by atoms with van der Waals surface area (Å²) in [6, 6.07) is 5.06. The first-order valence-corrected chi connectivity index (χ1v) is 8.52. The number of sulfonamides is 1. The molecule has 2 aliphatic heterocycles. The summed E-state index contributed by atoms with van der Waals surface area (Å²) >= 11 is 0. The van der Waals surface area contributed by atoms with E-state index in [9.17, 15) is 8.42 Å². The van der Waals surface area contributed by atoms with Gasteiger partial charge in [0.2, 0.25) is 10.0 Å². The van der Waals surface area contributed by atoms with Gasteiger partial charge >= 0.3 is 0 Å². The average Bonchev–Trinajstić information content (AvgIpc) is 2.46. The van der Waals surface area contributed by atoms with Crippen LogP contribution in [0.3, 0.4) is 0 Å². The smallest absolute Gasteiger partial charge is 0.243 e. The van der Waals surface area contributed by atoms with Gasteiger partial charge in [0.1, 0.15) is 12.4 Å². The molecule has 2 aliphatic rings. The van der Waals surface area contributed by atoms with Crippen LogP contribution >= 0.6 is 0 Å². The van der Waals surface area contributed by atoms with Crippen molar-refractivity contribution in [3.05, 3.63) is 18.2 Å². The first-order valence-electron chi connectivity index (χ1n) is 7.08. The number of rotatable bonds is 2. The molecule has 0 spiro atoms. The summed E-state index contributed by atoms with van der Waals surface area (Å²) in [5.74, 6) is 1.15. The van der Waals surface area contributed by atoms with E-state index in [-0.39, 0.29) is 0 Å². The summed E-state index contributed by atoms with van der Waals surface area (Å²) in [4.78, 5) is 0.350. The maximum absolute atomic E-state index is 12.7. The molecule has 0 radical (unpaired) electrons. The summed E-state index contributed by atoms with van der Waals surface area (Å²) in [6.45, 7) is 4.65. The zero-order chi connectivity index (χ0) is 14.2. The SMILES string of the molecule is CC1CCCN(S(=O)(=O)c2ccc3c(c2)NCCO3)C1. The fourth-order valence-electron chi connectivity index (χ4n) is 2.79. The Morgan fingerprint density at radius 3 is 3.05 bits per heavy atom. The summed E-state index contributed by atoms with van der Waals surface area (Å²) < 4.78 is 32.4. The van der Waals surface area contributed by atoms with Crippen molar-refractivity contribution in [1.82, 2.24) is 4.31 Å². The van der Waals surface area contributed by atoms with Gasteiger partial charge in [0, 0.05) is 19.6 Å². The van der Waals surface area contributed by atoms with Gasteiger partial charge < -0.3 is 10.1 Å². The molecule has 6 heteroatoms. The fraction of sp³-hybridized carbons (Fsp3) is 0.571. The van der Waals surface area contributed by atoms with Gasteiger partial charge in [0.25, 0.3) is 0 Å². The van der Waals surface area contributed by atoms with Gasteiger partial charge in [-0.3, -0.25) is 0 Å². The van der Waals surface area contributed by atoms with Crippen LogP contribution in [0.15, 0.2) is 23.1 Å². The van der Waals surface area contributed by atoms with Crippen molar-refractivity contribution in [2.45, 2.75) is 24.7 Å². The molecule has 2 heterocycles. The van der Waals surface area contributed by atoms with Crippen LogP contribution in [0.2, 0.25) is 0 Å². The Kier molecular flexibility index (Phi) is 3.60. The lowest BCUT2D eigenvalue weighted by Gasteiger charge is -2.30. The summed E-state index contributed by atoms with van der Waals surface area (Å²) in [6.07, 6.45) is 2.04. The van der Waals surface area contributed by atoms with Crippen molar-refractivity contribution in [2.75, 3.05) is 31.6 Å². The lowest BCUT2D eigenvalue weighted by atomic mass is 10.0. The minimum absolute atomic E-state index is 0.350. The minimum Gasteiger partial charge on any atom is -0.490 e. The van der Waals surface area contributed by atoms with E-state index in [1.54, 1.807) is 22.5 Å². The van der Waals surface area contributed by atoms with E-state index in [4.69, 9.17) is 4.74 Å². The Labute approximate surface area is 120 Å². The topological polar surface area (TPSA) is 58.6 Å². The number of nitrogens with zero attached hydrogens (tertiary/aromatic N) is 1. The number of piperidine rings is 1. The number of fused-ring (bicyclic) bond motifs is 1. The maximum Gasteiger partial charge on any atom is 0.243 e. The molecule has 1 aromatic carbocycles. The Hall–Kier alpha value is -1.27. The summed E-state index contributed by atoms with van der Waals surface area (Å²) in [5, 5.41) is 3.18. The van der Waals surface area contributed by atoms with Gasteiger partial charge in [-0.2, -0.15) is 4.31 Å². The van der Waals surface area contributed by atoms with Crippen LogP contribution in [-0.4, -0.2) is 39.0 Å². The Bertz CT molecular complexity index is 600. The molecule has 0 saturated carbocycles. The molecule has 0 aliphatic carbocycles. The quantitative estimate of drug-likeness (QED) is 0.906. The highest BCUT2D eigenvalue weighted by Gasteiger charge is 2.29. The van der Waals surface area contributed by atoms with Gasteiger partial charge in [0.15, 0.2) is 0 Å². The van der Waals surface area contributed by atoms with E-state index < -0.39 is 10.0 Å². The zero-order valence-corrected chi connectivity index (χ0v) is 12.4. The van der Waals surface area contributed by atoms with Crippen LogP contribution in [0.4, 0.5) is 5.69 Å². The number of hydrogen-bond donors (Lipinski definition) is 1. The molecular formula is C14H20N2O3S. The molecule has 1 aromatic rings. The van der Waals surface area contributed by atoms with Crippen molar-refractivity contribution >= 4 is 15.7 Å². The predicted octanol–water partition coefficient (Wildman–Crippen LogP) is 1.91. The average molecular weight is 296 g/mol. The first kappa shape index (κ1) is 13.7. The van der Waals surface area contributed by atoms with Crippen LogP contribution in [0.5, 0.6) is 5.75 Å². The molecular weight excluding hydrogens is 276 g/mol. The largest absolute Gasteiger partial charge is 0.490 e. The first-order chi connectivity index (χ1) is 9.57. The Morgan fingerprint density at radius 2 is 2.25 bits per heavy atom. The van der Waals surface area contributed by atoms with E-state index in [0.717, 1.165) is 24.3 Å².